The van der Waals surface area contributed by atoms with Crippen molar-refractivity contribution in [1.82, 2.24) is 9.97 Å². The zero-order valence-corrected chi connectivity index (χ0v) is 13.4. The van der Waals surface area contributed by atoms with E-state index in [0.29, 0.717) is 10.0 Å². The van der Waals surface area contributed by atoms with E-state index >= 15 is 0 Å². The summed E-state index contributed by atoms with van der Waals surface area (Å²) in [6.45, 7) is 0. The van der Waals surface area contributed by atoms with Gasteiger partial charge in [0.1, 0.15) is 0 Å². The van der Waals surface area contributed by atoms with E-state index in [-0.39, 0.29) is 0 Å². The minimum Gasteiger partial charge on any atom is -0.256 e. The minimum absolute atomic E-state index is 0.672. The molecule has 104 valence electrons. The third kappa shape index (κ3) is 3.41. The summed E-state index contributed by atoms with van der Waals surface area (Å²) in [6.07, 6.45) is 3.45. The zero-order chi connectivity index (χ0) is 14.7. The van der Waals surface area contributed by atoms with Gasteiger partial charge in [-0.25, -0.2) is 0 Å². The Kier molecular flexibility index (Phi) is 4.50. The highest BCUT2D eigenvalue weighted by Gasteiger charge is 2.19. The van der Waals surface area contributed by atoms with Gasteiger partial charge in [0.2, 0.25) is 0 Å². The summed E-state index contributed by atoms with van der Waals surface area (Å²) in [5.74, 6) is 0. The highest BCUT2D eigenvalue weighted by atomic mass is 35.5. The molecule has 2 heterocycles. The molecule has 0 amide bonds. The Morgan fingerprint density at radius 3 is 1.71 bits per heavy atom. The van der Waals surface area contributed by atoms with Crippen LogP contribution in [0.15, 0.2) is 67.0 Å². The monoisotopic (exact) mass is 332 g/mol. The standard InChI is InChI=1S/C16H11Cl2N2P/c17-12-6-8-19-15(10-12)21(14-4-2-1-3-5-14)16-11-13(18)7-9-20-16/h1-11H. The van der Waals surface area contributed by atoms with Crippen LogP contribution in [0.25, 0.3) is 0 Å². The molecule has 1 aromatic carbocycles. The molecule has 2 aromatic heterocycles. The summed E-state index contributed by atoms with van der Waals surface area (Å²) < 4.78 is 0. The van der Waals surface area contributed by atoms with E-state index in [1.165, 1.54) is 0 Å². The van der Waals surface area contributed by atoms with Crippen LogP contribution in [0.2, 0.25) is 10.0 Å². The van der Waals surface area contributed by atoms with E-state index in [2.05, 4.69) is 22.1 Å². The maximum absolute atomic E-state index is 6.12. The Hall–Kier alpha value is -1.47. The van der Waals surface area contributed by atoms with Crippen LogP contribution in [-0.4, -0.2) is 9.97 Å². The van der Waals surface area contributed by atoms with Gasteiger partial charge in [0, 0.05) is 30.4 Å². The van der Waals surface area contributed by atoms with Crippen LogP contribution in [0.3, 0.4) is 0 Å². The van der Waals surface area contributed by atoms with Crippen LogP contribution in [0.1, 0.15) is 0 Å². The van der Waals surface area contributed by atoms with Crippen molar-refractivity contribution in [2.24, 2.45) is 0 Å². The van der Waals surface area contributed by atoms with Crippen molar-refractivity contribution in [3.63, 3.8) is 0 Å². The van der Waals surface area contributed by atoms with Gasteiger partial charge in [-0.05, 0) is 29.6 Å². The van der Waals surface area contributed by atoms with Gasteiger partial charge in [-0.15, -0.1) is 0 Å². The summed E-state index contributed by atoms with van der Waals surface area (Å²) in [7, 11) is -0.870. The Balaban J connectivity index is 2.16. The van der Waals surface area contributed by atoms with Crippen molar-refractivity contribution in [3.05, 3.63) is 77.0 Å². The second-order valence-electron chi connectivity index (χ2n) is 4.34. The van der Waals surface area contributed by atoms with Crippen molar-refractivity contribution < 1.29 is 0 Å². The first kappa shape index (κ1) is 14.5. The summed E-state index contributed by atoms with van der Waals surface area (Å²) >= 11 is 12.2. The average molecular weight is 333 g/mol. The molecule has 21 heavy (non-hydrogen) atoms. The highest BCUT2D eigenvalue weighted by molar-refractivity contribution is 7.79. The fraction of sp³-hybridized carbons (Fsp3) is 0. The topological polar surface area (TPSA) is 25.8 Å². The third-order valence-corrected chi connectivity index (χ3v) is 5.58. The van der Waals surface area contributed by atoms with E-state index in [0.717, 1.165) is 16.2 Å². The summed E-state index contributed by atoms with van der Waals surface area (Å²) in [6, 6.07) is 17.5. The van der Waals surface area contributed by atoms with Gasteiger partial charge in [-0.2, -0.15) is 0 Å². The van der Waals surface area contributed by atoms with Crippen LogP contribution in [-0.2, 0) is 0 Å². The molecule has 0 saturated carbocycles. The molecule has 0 fully saturated rings. The molecular weight excluding hydrogens is 322 g/mol. The van der Waals surface area contributed by atoms with Gasteiger partial charge in [0.05, 0.1) is 10.9 Å². The van der Waals surface area contributed by atoms with Crippen molar-refractivity contribution in [3.8, 4) is 0 Å². The molecule has 0 spiro atoms. The molecule has 0 aliphatic carbocycles. The fourth-order valence-electron chi connectivity index (χ4n) is 1.99. The first-order chi connectivity index (χ1) is 10.2. The second kappa shape index (κ2) is 6.53. The summed E-state index contributed by atoms with van der Waals surface area (Å²) in [4.78, 5) is 8.97. The Morgan fingerprint density at radius 2 is 1.24 bits per heavy atom. The van der Waals surface area contributed by atoms with Crippen LogP contribution in [0.4, 0.5) is 0 Å². The van der Waals surface area contributed by atoms with Crippen LogP contribution in [0, 0.1) is 0 Å². The van der Waals surface area contributed by atoms with Gasteiger partial charge >= 0.3 is 0 Å². The molecule has 0 unspecified atom stereocenters. The SMILES string of the molecule is Clc1ccnc(P(c2ccccc2)c2cc(Cl)ccn2)c1. The molecule has 5 heteroatoms. The normalized spacial score (nSPS) is 10.8. The molecule has 0 N–H and O–H groups in total. The number of halogens is 2. The Bertz CT molecular complexity index is 705. The molecule has 0 bridgehead atoms. The van der Waals surface area contributed by atoms with Crippen LogP contribution < -0.4 is 16.2 Å². The molecule has 0 aliphatic heterocycles. The lowest BCUT2D eigenvalue weighted by Gasteiger charge is -2.17. The third-order valence-electron chi connectivity index (χ3n) is 2.89. The largest absolute Gasteiger partial charge is 0.256 e. The van der Waals surface area contributed by atoms with Gasteiger partial charge in [0.15, 0.2) is 0 Å². The van der Waals surface area contributed by atoms with Crippen LogP contribution in [0.5, 0.6) is 0 Å². The van der Waals surface area contributed by atoms with Gasteiger partial charge in [-0.1, -0.05) is 53.5 Å². The van der Waals surface area contributed by atoms with Crippen molar-refractivity contribution >= 4 is 47.3 Å². The maximum Gasteiger partial charge on any atom is 0.0751 e. The molecule has 2 nitrogen and oxygen atoms in total. The number of hydrogen-bond acceptors (Lipinski definition) is 2. The Labute approximate surface area is 134 Å². The van der Waals surface area contributed by atoms with Crippen molar-refractivity contribution in [1.29, 1.82) is 0 Å². The molecule has 0 atom stereocenters. The number of aromatic nitrogens is 2. The van der Waals surface area contributed by atoms with Gasteiger partial charge in [-0.3, -0.25) is 9.97 Å². The predicted molar refractivity (Wildman–Crippen MR) is 90.8 cm³/mol. The number of benzene rings is 1. The molecule has 0 aliphatic rings. The Morgan fingerprint density at radius 1 is 0.714 bits per heavy atom. The van der Waals surface area contributed by atoms with Gasteiger partial charge < -0.3 is 0 Å². The first-order valence-electron chi connectivity index (χ1n) is 6.32. The van der Waals surface area contributed by atoms with E-state index in [4.69, 9.17) is 23.2 Å². The smallest absolute Gasteiger partial charge is 0.0751 e. The first-order valence-corrected chi connectivity index (χ1v) is 8.42. The van der Waals surface area contributed by atoms with E-state index < -0.39 is 7.92 Å². The second-order valence-corrected chi connectivity index (χ2v) is 7.31. The summed E-state index contributed by atoms with van der Waals surface area (Å²) in [5.41, 5.74) is 1.83. The number of nitrogens with zero attached hydrogens (tertiary/aromatic N) is 2. The lowest BCUT2D eigenvalue weighted by atomic mass is 10.4. The molecule has 0 saturated heterocycles. The average Bonchev–Trinajstić information content (AvgIpc) is 2.49. The fourth-order valence-corrected chi connectivity index (χ4v) is 4.60. The molecule has 3 rings (SSSR count). The van der Waals surface area contributed by atoms with Crippen LogP contribution >= 0.6 is 31.1 Å². The lowest BCUT2D eigenvalue weighted by Crippen LogP contribution is -2.24. The van der Waals surface area contributed by atoms with E-state index in [1.54, 1.807) is 24.5 Å². The predicted octanol–water partition coefficient (Wildman–Crippen LogP) is 3.54. The number of hydrogen-bond donors (Lipinski definition) is 0. The van der Waals surface area contributed by atoms with E-state index in [9.17, 15) is 0 Å². The van der Waals surface area contributed by atoms with E-state index in [1.807, 2.05) is 30.3 Å². The lowest BCUT2D eigenvalue weighted by molar-refractivity contribution is 1.37. The molecular formula is C16H11Cl2N2P. The number of rotatable bonds is 3. The number of pyridine rings is 2. The molecule has 3 aromatic rings. The summed E-state index contributed by atoms with van der Waals surface area (Å²) in [5, 5.41) is 2.51. The highest BCUT2D eigenvalue weighted by Crippen LogP contribution is 2.32. The zero-order valence-electron chi connectivity index (χ0n) is 10.9. The minimum atomic E-state index is -0.870. The van der Waals surface area contributed by atoms with Gasteiger partial charge in [0.25, 0.3) is 0 Å². The maximum atomic E-state index is 6.12. The molecule has 0 radical (unpaired) electrons. The van der Waals surface area contributed by atoms with Crippen molar-refractivity contribution in [2.75, 3.05) is 0 Å². The van der Waals surface area contributed by atoms with Crippen molar-refractivity contribution in [2.45, 2.75) is 0 Å². The quantitative estimate of drug-likeness (QED) is 0.685.